The Morgan fingerprint density at radius 2 is 1.62 bits per heavy atom. The Balaban J connectivity index is 1.52. The number of hydrogen-bond donors (Lipinski definition) is 2. The van der Waals surface area contributed by atoms with Gasteiger partial charge in [-0.25, -0.2) is 0 Å². The number of carbonyl (C=O) groups excluding carboxylic acids is 2. The van der Waals surface area contributed by atoms with Crippen LogP contribution >= 0.6 is 0 Å². The number of piperidine rings is 1. The van der Waals surface area contributed by atoms with Crippen LogP contribution in [0, 0.1) is 6.92 Å². The SMILES string of the molecule is Cc1ccccc1CNC(=O)C(=O)Nc1ccc(N2CCCCC2)cc1. The summed E-state index contributed by atoms with van der Waals surface area (Å²) in [4.78, 5) is 26.4. The first-order valence-corrected chi connectivity index (χ1v) is 9.12. The van der Waals surface area contributed by atoms with Crippen molar-refractivity contribution in [3.63, 3.8) is 0 Å². The molecule has 1 fully saturated rings. The van der Waals surface area contributed by atoms with Crippen LogP contribution in [0.5, 0.6) is 0 Å². The van der Waals surface area contributed by atoms with Gasteiger partial charge < -0.3 is 15.5 Å². The third kappa shape index (κ3) is 4.63. The Hall–Kier alpha value is -2.82. The van der Waals surface area contributed by atoms with Gasteiger partial charge in [0.25, 0.3) is 0 Å². The summed E-state index contributed by atoms with van der Waals surface area (Å²) < 4.78 is 0. The summed E-state index contributed by atoms with van der Waals surface area (Å²) in [5.74, 6) is -1.28. The van der Waals surface area contributed by atoms with E-state index >= 15 is 0 Å². The van der Waals surface area contributed by atoms with Crippen LogP contribution in [0.1, 0.15) is 30.4 Å². The molecule has 26 heavy (non-hydrogen) atoms. The molecule has 5 heteroatoms. The monoisotopic (exact) mass is 351 g/mol. The molecule has 1 heterocycles. The van der Waals surface area contributed by atoms with Gasteiger partial charge in [-0.05, 0) is 61.6 Å². The van der Waals surface area contributed by atoms with Crippen LogP contribution in [-0.2, 0) is 16.1 Å². The van der Waals surface area contributed by atoms with E-state index in [1.54, 1.807) is 0 Å². The Kier molecular flexibility index (Phi) is 5.89. The number of nitrogens with zero attached hydrogens (tertiary/aromatic N) is 1. The van der Waals surface area contributed by atoms with E-state index in [-0.39, 0.29) is 0 Å². The number of hydrogen-bond acceptors (Lipinski definition) is 3. The van der Waals surface area contributed by atoms with Crippen molar-refractivity contribution < 1.29 is 9.59 Å². The lowest BCUT2D eigenvalue weighted by molar-refractivity contribution is -0.136. The van der Waals surface area contributed by atoms with E-state index in [1.807, 2.05) is 55.5 Å². The van der Waals surface area contributed by atoms with Crippen LogP contribution in [0.4, 0.5) is 11.4 Å². The lowest BCUT2D eigenvalue weighted by Crippen LogP contribution is -2.35. The fourth-order valence-electron chi connectivity index (χ4n) is 3.16. The van der Waals surface area contributed by atoms with Crippen LogP contribution in [0.3, 0.4) is 0 Å². The van der Waals surface area contributed by atoms with Crippen LogP contribution in [0.25, 0.3) is 0 Å². The second-order valence-electron chi connectivity index (χ2n) is 6.66. The topological polar surface area (TPSA) is 61.4 Å². The van der Waals surface area contributed by atoms with Gasteiger partial charge in [-0.15, -0.1) is 0 Å². The summed E-state index contributed by atoms with van der Waals surface area (Å²) in [5, 5.41) is 5.32. The van der Waals surface area contributed by atoms with Crippen molar-refractivity contribution >= 4 is 23.2 Å². The molecule has 0 aliphatic carbocycles. The van der Waals surface area contributed by atoms with Crippen molar-refractivity contribution in [2.24, 2.45) is 0 Å². The fraction of sp³-hybridized carbons (Fsp3) is 0.333. The van der Waals surface area contributed by atoms with E-state index < -0.39 is 11.8 Å². The zero-order chi connectivity index (χ0) is 18.4. The molecule has 0 bridgehead atoms. The predicted octanol–water partition coefficient (Wildman–Crippen LogP) is 3.24. The summed E-state index contributed by atoms with van der Waals surface area (Å²) >= 11 is 0. The van der Waals surface area contributed by atoms with Crippen molar-refractivity contribution in [2.75, 3.05) is 23.3 Å². The molecule has 2 amide bonds. The number of rotatable bonds is 4. The fourth-order valence-corrected chi connectivity index (χ4v) is 3.16. The molecule has 1 aliphatic rings. The lowest BCUT2D eigenvalue weighted by Gasteiger charge is -2.28. The van der Waals surface area contributed by atoms with Gasteiger partial charge in [0.05, 0.1) is 0 Å². The minimum atomic E-state index is -0.649. The van der Waals surface area contributed by atoms with Gasteiger partial charge in [0.1, 0.15) is 0 Å². The van der Waals surface area contributed by atoms with Crippen molar-refractivity contribution in [3.8, 4) is 0 Å². The first-order valence-electron chi connectivity index (χ1n) is 9.12. The first kappa shape index (κ1) is 18.0. The van der Waals surface area contributed by atoms with E-state index in [0.717, 1.165) is 29.9 Å². The third-order valence-corrected chi connectivity index (χ3v) is 4.75. The Labute approximate surface area is 154 Å². The minimum Gasteiger partial charge on any atom is -0.372 e. The number of amides is 2. The highest BCUT2D eigenvalue weighted by atomic mass is 16.2. The third-order valence-electron chi connectivity index (χ3n) is 4.75. The molecule has 1 saturated heterocycles. The molecule has 1 aliphatic heterocycles. The van der Waals surface area contributed by atoms with Gasteiger partial charge in [0, 0.05) is 31.0 Å². The minimum absolute atomic E-state index is 0.340. The lowest BCUT2D eigenvalue weighted by atomic mass is 10.1. The second kappa shape index (κ2) is 8.52. The zero-order valence-corrected chi connectivity index (χ0v) is 15.1. The molecule has 0 radical (unpaired) electrons. The molecule has 5 nitrogen and oxygen atoms in total. The van der Waals surface area contributed by atoms with Crippen LogP contribution in [0.15, 0.2) is 48.5 Å². The summed E-state index contributed by atoms with van der Waals surface area (Å²) in [6, 6.07) is 15.4. The number of benzene rings is 2. The molecule has 2 aromatic rings. The second-order valence-corrected chi connectivity index (χ2v) is 6.66. The van der Waals surface area contributed by atoms with E-state index in [4.69, 9.17) is 0 Å². The van der Waals surface area contributed by atoms with Crippen LogP contribution in [-0.4, -0.2) is 24.9 Å². The van der Waals surface area contributed by atoms with Crippen molar-refractivity contribution in [3.05, 3.63) is 59.7 Å². The van der Waals surface area contributed by atoms with E-state index in [1.165, 1.54) is 19.3 Å². The molecule has 2 N–H and O–H groups in total. The van der Waals surface area contributed by atoms with Crippen molar-refractivity contribution in [1.29, 1.82) is 0 Å². The molecular formula is C21H25N3O2. The summed E-state index contributed by atoms with van der Waals surface area (Å²) in [6.45, 7) is 4.47. The van der Waals surface area contributed by atoms with Crippen molar-refractivity contribution in [1.82, 2.24) is 5.32 Å². The molecular weight excluding hydrogens is 326 g/mol. The van der Waals surface area contributed by atoms with Gasteiger partial charge in [0.2, 0.25) is 0 Å². The van der Waals surface area contributed by atoms with Crippen molar-refractivity contribution in [2.45, 2.75) is 32.7 Å². The number of aryl methyl sites for hydroxylation is 1. The smallest absolute Gasteiger partial charge is 0.313 e. The number of nitrogens with one attached hydrogen (secondary N) is 2. The number of anilines is 2. The maximum Gasteiger partial charge on any atom is 0.313 e. The highest BCUT2D eigenvalue weighted by molar-refractivity contribution is 6.39. The normalized spacial score (nSPS) is 14.0. The predicted molar refractivity (Wildman–Crippen MR) is 104 cm³/mol. The largest absolute Gasteiger partial charge is 0.372 e. The molecule has 0 unspecified atom stereocenters. The average molecular weight is 351 g/mol. The Morgan fingerprint density at radius 3 is 2.31 bits per heavy atom. The van der Waals surface area contributed by atoms with Gasteiger partial charge in [-0.3, -0.25) is 9.59 Å². The van der Waals surface area contributed by atoms with Gasteiger partial charge in [-0.2, -0.15) is 0 Å². The van der Waals surface area contributed by atoms with Gasteiger partial charge >= 0.3 is 11.8 Å². The van der Waals surface area contributed by atoms with Gasteiger partial charge in [0.15, 0.2) is 0 Å². The summed E-state index contributed by atoms with van der Waals surface area (Å²) in [6.07, 6.45) is 3.74. The quantitative estimate of drug-likeness (QED) is 0.832. The van der Waals surface area contributed by atoms with Crippen LogP contribution in [0.2, 0.25) is 0 Å². The molecule has 0 spiro atoms. The summed E-state index contributed by atoms with van der Waals surface area (Å²) in [7, 11) is 0. The molecule has 0 saturated carbocycles. The molecule has 0 aromatic heterocycles. The van der Waals surface area contributed by atoms with E-state index in [9.17, 15) is 9.59 Å². The zero-order valence-electron chi connectivity index (χ0n) is 15.1. The summed E-state index contributed by atoms with van der Waals surface area (Å²) in [5.41, 5.74) is 3.87. The Bertz CT molecular complexity index is 765. The first-order chi connectivity index (χ1) is 12.6. The number of carbonyl (C=O) groups is 2. The van der Waals surface area contributed by atoms with E-state index in [2.05, 4.69) is 15.5 Å². The van der Waals surface area contributed by atoms with Crippen LogP contribution < -0.4 is 15.5 Å². The molecule has 0 atom stereocenters. The molecule has 2 aromatic carbocycles. The maximum absolute atomic E-state index is 12.1. The standard InChI is InChI=1S/C21H25N3O2/c1-16-7-3-4-8-17(16)15-22-20(25)21(26)23-18-9-11-19(12-10-18)24-13-5-2-6-14-24/h3-4,7-12H,2,5-6,13-15H2,1H3,(H,22,25)(H,23,26). The van der Waals surface area contributed by atoms with Gasteiger partial charge in [-0.1, -0.05) is 24.3 Å². The van der Waals surface area contributed by atoms with E-state index in [0.29, 0.717) is 12.2 Å². The highest BCUT2D eigenvalue weighted by Crippen LogP contribution is 2.21. The maximum atomic E-state index is 12.1. The average Bonchev–Trinajstić information content (AvgIpc) is 2.68. The molecule has 136 valence electrons. The highest BCUT2D eigenvalue weighted by Gasteiger charge is 2.15. The Morgan fingerprint density at radius 1 is 0.923 bits per heavy atom. The molecule has 3 rings (SSSR count).